The number of rotatable bonds is 6. The molecule has 0 radical (unpaired) electrons. The number of benzene rings is 1. The lowest BCUT2D eigenvalue weighted by Gasteiger charge is -2.27. The van der Waals surface area contributed by atoms with Gasteiger partial charge in [-0.25, -0.2) is 4.98 Å². The summed E-state index contributed by atoms with van der Waals surface area (Å²) in [5.41, 5.74) is 8.34. The average molecular weight is 346 g/mol. The zero-order valence-corrected chi connectivity index (χ0v) is 14.3. The Labute approximate surface area is 145 Å². The number of hydrogen-bond acceptors (Lipinski definition) is 6. The number of aromatic nitrogens is 1. The van der Waals surface area contributed by atoms with Crippen LogP contribution in [-0.4, -0.2) is 42.1 Å². The van der Waals surface area contributed by atoms with Crippen molar-refractivity contribution in [1.82, 2.24) is 15.2 Å². The zero-order chi connectivity index (χ0) is 16.8. The molecular formula is C17H22N4O2S. The normalized spacial score (nSPS) is 15.4. The van der Waals surface area contributed by atoms with Gasteiger partial charge in [0.25, 0.3) is 5.91 Å². The highest BCUT2D eigenvalue weighted by Gasteiger charge is 2.14. The van der Waals surface area contributed by atoms with Crippen LogP contribution < -0.4 is 11.1 Å². The Bertz CT molecular complexity index is 683. The van der Waals surface area contributed by atoms with E-state index >= 15 is 0 Å². The van der Waals surface area contributed by atoms with E-state index in [-0.39, 0.29) is 5.91 Å². The maximum atomic E-state index is 12.2. The number of amides is 1. The molecule has 1 aromatic carbocycles. The lowest BCUT2D eigenvalue weighted by Crippen LogP contribution is -2.36. The molecule has 0 spiro atoms. The number of nitrogens with two attached hydrogens (primary N) is 1. The molecule has 128 valence electrons. The number of carbonyl (C=O) groups is 1. The monoisotopic (exact) mass is 346 g/mol. The molecule has 1 saturated heterocycles. The van der Waals surface area contributed by atoms with Gasteiger partial charge >= 0.3 is 0 Å². The molecule has 0 saturated carbocycles. The molecule has 3 N–H and O–H groups in total. The molecule has 0 bridgehead atoms. The maximum absolute atomic E-state index is 12.2. The molecular weight excluding hydrogens is 324 g/mol. The van der Waals surface area contributed by atoms with Gasteiger partial charge in [-0.2, -0.15) is 0 Å². The first-order valence-electron chi connectivity index (χ1n) is 8.06. The Morgan fingerprint density at radius 3 is 2.75 bits per heavy atom. The van der Waals surface area contributed by atoms with E-state index < -0.39 is 0 Å². The van der Waals surface area contributed by atoms with Crippen LogP contribution in [-0.2, 0) is 24.4 Å². The maximum Gasteiger partial charge on any atom is 0.271 e. The number of nitrogens with one attached hydrogen (secondary N) is 1. The Balaban J connectivity index is 1.61. The third-order valence-electron chi connectivity index (χ3n) is 4.01. The summed E-state index contributed by atoms with van der Waals surface area (Å²) in [6.07, 6.45) is 0. The molecule has 0 unspecified atom stereocenters. The highest BCUT2D eigenvalue weighted by Crippen LogP contribution is 2.14. The summed E-state index contributed by atoms with van der Waals surface area (Å²) in [5.74, 6) is -0.160. The fourth-order valence-electron chi connectivity index (χ4n) is 2.66. The summed E-state index contributed by atoms with van der Waals surface area (Å²) in [6, 6.07) is 8.21. The van der Waals surface area contributed by atoms with Crippen LogP contribution in [0.4, 0.5) is 0 Å². The van der Waals surface area contributed by atoms with E-state index in [1.54, 1.807) is 5.38 Å². The second-order valence-electron chi connectivity index (χ2n) is 5.67. The predicted molar refractivity (Wildman–Crippen MR) is 93.7 cm³/mol. The fourth-order valence-corrected chi connectivity index (χ4v) is 3.31. The van der Waals surface area contributed by atoms with Gasteiger partial charge in [0.2, 0.25) is 0 Å². The molecule has 1 fully saturated rings. The lowest BCUT2D eigenvalue weighted by atomic mass is 10.1. The largest absolute Gasteiger partial charge is 0.379 e. The second kappa shape index (κ2) is 8.34. The predicted octanol–water partition coefficient (Wildman–Crippen LogP) is 1.36. The molecule has 2 heterocycles. The van der Waals surface area contributed by atoms with Gasteiger partial charge in [-0.05, 0) is 11.1 Å². The third-order valence-corrected chi connectivity index (χ3v) is 4.89. The first-order chi connectivity index (χ1) is 11.8. The highest BCUT2D eigenvalue weighted by atomic mass is 32.1. The van der Waals surface area contributed by atoms with Gasteiger partial charge in [0.15, 0.2) is 0 Å². The van der Waals surface area contributed by atoms with E-state index in [9.17, 15) is 4.79 Å². The van der Waals surface area contributed by atoms with Crippen LogP contribution in [0.5, 0.6) is 0 Å². The van der Waals surface area contributed by atoms with Crippen LogP contribution in [0.3, 0.4) is 0 Å². The smallest absolute Gasteiger partial charge is 0.271 e. The topological polar surface area (TPSA) is 80.5 Å². The van der Waals surface area contributed by atoms with Crippen molar-refractivity contribution in [3.8, 4) is 0 Å². The van der Waals surface area contributed by atoms with Crippen molar-refractivity contribution in [2.75, 3.05) is 26.3 Å². The van der Waals surface area contributed by atoms with Crippen molar-refractivity contribution < 1.29 is 9.53 Å². The Hall–Kier alpha value is -1.80. The number of morpholine rings is 1. The summed E-state index contributed by atoms with van der Waals surface area (Å²) in [7, 11) is 0. The number of carbonyl (C=O) groups excluding carboxylic acids is 1. The summed E-state index contributed by atoms with van der Waals surface area (Å²) < 4.78 is 5.39. The third kappa shape index (κ3) is 4.39. The number of hydrogen-bond donors (Lipinski definition) is 2. The SMILES string of the molecule is NCc1nc(C(=O)NCc2ccccc2CN2CCOCC2)cs1. The second-order valence-corrected chi connectivity index (χ2v) is 6.61. The highest BCUT2D eigenvalue weighted by molar-refractivity contribution is 7.09. The first kappa shape index (κ1) is 17.0. The van der Waals surface area contributed by atoms with Gasteiger partial charge in [0.1, 0.15) is 10.7 Å². The molecule has 1 aliphatic heterocycles. The quantitative estimate of drug-likeness (QED) is 0.826. The van der Waals surface area contributed by atoms with Crippen LogP contribution in [0.1, 0.15) is 26.6 Å². The molecule has 1 aliphatic rings. The standard InChI is InChI=1S/C17H22N4O2S/c18-9-16-20-15(12-24-16)17(22)19-10-13-3-1-2-4-14(13)11-21-5-7-23-8-6-21/h1-4,12H,5-11,18H2,(H,19,22). The van der Waals surface area contributed by atoms with Gasteiger partial charge in [-0.15, -0.1) is 11.3 Å². The Kier molecular flexibility index (Phi) is 5.92. The van der Waals surface area contributed by atoms with Crippen molar-refractivity contribution in [1.29, 1.82) is 0 Å². The molecule has 1 aromatic heterocycles. The van der Waals surface area contributed by atoms with Crippen LogP contribution >= 0.6 is 11.3 Å². The van der Waals surface area contributed by atoms with Gasteiger partial charge in [-0.3, -0.25) is 9.69 Å². The fraction of sp³-hybridized carbons (Fsp3) is 0.412. The van der Waals surface area contributed by atoms with Crippen molar-refractivity contribution >= 4 is 17.2 Å². The summed E-state index contributed by atoms with van der Waals surface area (Å²) >= 11 is 1.41. The minimum Gasteiger partial charge on any atom is -0.379 e. The van der Waals surface area contributed by atoms with Crippen molar-refractivity contribution in [2.45, 2.75) is 19.6 Å². The van der Waals surface area contributed by atoms with Crippen molar-refractivity contribution in [2.24, 2.45) is 5.73 Å². The molecule has 1 amide bonds. The van der Waals surface area contributed by atoms with E-state index in [0.717, 1.165) is 43.4 Å². The molecule has 0 aliphatic carbocycles. The van der Waals surface area contributed by atoms with Crippen LogP contribution in [0.15, 0.2) is 29.6 Å². The summed E-state index contributed by atoms with van der Waals surface area (Å²) in [5, 5.41) is 5.47. The molecule has 3 rings (SSSR count). The molecule has 2 aromatic rings. The van der Waals surface area contributed by atoms with E-state index in [1.165, 1.54) is 16.9 Å². The molecule has 24 heavy (non-hydrogen) atoms. The average Bonchev–Trinajstić information content (AvgIpc) is 3.11. The van der Waals surface area contributed by atoms with Crippen LogP contribution in [0.25, 0.3) is 0 Å². The van der Waals surface area contributed by atoms with Crippen molar-refractivity contribution in [3.63, 3.8) is 0 Å². The van der Waals surface area contributed by atoms with Gasteiger partial charge in [0.05, 0.1) is 13.2 Å². The van der Waals surface area contributed by atoms with E-state index in [4.69, 9.17) is 10.5 Å². The van der Waals surface area contributed by atoms with E-state index in [2.05, 4.69) is 27.3 Å². The van der Waals surface area contributed by atoms with E-state index in [0.29, 0.717) is 18.8 Å². The number of nitrogens with zero attached hydrogens (tertiary/aromatic N) is 2. The molecule has 6 nitrogen and oxygen atoms in total. The van der Waals surface area contributed by atoms with Gasteiger partial charge < -0.3 is 15.8 Å². The van der Waals surface area contributed by atoms with Gasteiger partial charge in [-0.1, -0.05) is 24.3 Å². The molecule has 0 atom stereocenters. The Morgan fingerprint density at radius 1 is 1.29 bits per heavy atom. The van der Waals surface area contributed by atoms with Crippen LogP contribution in [0.2, 0.25) is 0 Å². The minimum atomic E-state index is -0.160. The minimum absolute atomic E-state index is 0.160. The first-order valence-corrected chi connectivity index (χ1v) is 8.94. The number of ether oxygens (including phenoxy) is 1. The number of thiazole rings is 1. The lowest BCUT2D eigenvalue weighted by molar-refractivity contribution is 0.0340. The Morgan fingerprint density at radius 2 is 2.04 bits per heavy atom. The van der Waals surface area contributed by atoms with Crippen LogP contribution in [0, 0.1) is 0 Å². The van der Waals surface area contributed by atoms with E-state index in [1.807, 2.05) is 12.1 Å². The van der Waals surface area contributed by atoms with Gasteiger partial charge in [0, 0.05) is 38.1 Å². The van der Waals surface area contributed by atoms with Crippen molar-refractivity contribution in [3.05, 3.63) is 51.5 Å². The summed E-state index contributed by atoms with van der Waals surface area (Å²) in [6.45, 7) is 5.19. The molecule has 7 heteroatoms. The zero-order valence-electron chi connectivity index (χ0n) is 13.5. The summed E-state index contributed by atoms with van der Waals surface area (Å²) in [4.78, 5) is 18.8.